The summed E-state index contributed by atoms with van der Waals surface area (Å²) in [5.41, 5.74) is 0.714. The topological polar surface area (TPSA) is 105 Å². The van der Waals surface area contributed by atoms with Gasteiger partial charge in [0.25, 0.3) is 0 Å². The Labute approximate surface area is 228 Å². The Morgan fingerprint density at radius 1 is 1.05 bits per heavy atom. The molecule has 0 aliphatic carbocycles. The molecule has 2 rings (SSSR count). The molecule has 1 atom stereocenters. The lowest BCUT2D eigenvalue weighted by atomic mass is 10.1. The molecule has 12 heteroatoms. The normalized spacial score (nSPS) is 12.1. The molecule has 0 heterocycles. The predicted molar refractivity (Wildman–Crippen MR) is 146 cm³/mol. The third kappa shape index (κ3) is 8.15. The minimum atomic E-state index is -3.94. The van der Waals surface area contributed by atoms with Crippen LogP contribution in [0.15, 0.2) is 36.4 Å². The van der Waals surface area contributed by atoms with Crippen molar-refractivity contribution in [1.82, 2.24) is 10.2 Å². The van der Waals surface area contributed by atoms with Crippen LogP contribution in [0.2, 0.25) is 10.0 Å². The van der Waals surface area contributed by atoms with Crippen LogP contribution in [0.1, 0.15) is 32.8 Å². The van der Waals surface area contributed by atoms with Crippen molar-refractivity contribution in [2.24, 2.45) is 0 Å². The van der Waals surface area contributed by atoms with Gasteiger partial charge in [0.1, 0.15) is 24.1 Å². The zero-order valence-corrected chi connectivity index (χ0v) is 24.1. The van der Waals surface area contributed by atoms with Crippen molar-refractivity contribution in [3.05, 3.63) is 52.0 Å². The number of carbonyl (C=O) groups excluding carboxylic acids is 2. The van der Waals surface area contributed by atoms with Gasteiger partial charge in [-0.1, -0.05) is 36.2 Å². The predicted octanol–water partition coefficient (Wildman–Crippen LogP) is 4.11. The Hall–Kier alpha value is -2.69. The lowest BCUT2D eigenvalue weighted by molar-refractivity contribution is -0.140. The fraction of sp³-hybridized carbons (Fsp3) is 0.440. The molecule has 0 aliphatic heterocycles. The smallest absolute Gasteiger partial charge is 0.244 e. The van der Waals surface area contributed by atoms with Gasteiger partial charge in [-0.3, -0.25) is 13.9 Å². The molecule has 1 N–H and O–H groups in total. The molecule has 0 fully saturated rings. The Morgan fingerprint density at radius 2 is 1.73 bits per heavy atom. The molecule has 0 spiro atoms. The number of hydrogen-bond donors (Lipinski definition) is 1. The number of nitrogens with zero attached hydrogens (tertiary/aromatic N) is 2. The largest absolute Gasteiger partial charge is 0.497 e. The highest BCUT2D eigenvalue weighted by atomic mass is 35.5. The van der Waals surface area contributed by atoms with Crippen molar-refractivity contribution in [2.45, 2.75) is 45.8 Å². The molecule has 9 nitrogen and oxygen atoms in total. The van der Waals surface area contributed by atoms with E-state index in [1.54, 1.807) is 31.2 Å². The van der Waals surface area contributed by atoms with E-state index in [9.17, 15) is 18.0 Å². The zero-order chi connectivity index (χ0) is 27.9. The maximum atomic E-state index is 13.8. The third-order valence-electron chi connectivity index (χ3n) is 5.51. The van der Waals surface area contributed by atoms with Gasteiger partial charge in [0.15, 0.2) is 0 Å². The number of methoxy groups -OCH3 is 2. The lowest BCUT2D eigenvalue weighted by Gasteiger charge is -2.33. The second-order valence-electron chi connectivity index (χ2n) is 8.65. The van der Waals surface area contributed by atoms with Crippen LogP contribution in [-0.4, -0.2) is 64.2 Å². The number of sulfonamides is 1. The van der Waals surface area contributed by atoms with Gasteiger partial charge in [0.2, 0.25) is 21.8 Å². The molecule has 0 saturated carbocycles. The number of ether oxygens (including phenoxy) is 2. The molecule has 0 aliphatic rings. The first-order valence-corrected chi connectivity index (χ1v) is 14.2. The summed E-state index contributed by atoms with van der Waals surface area (Å²) in [7, 11) is -1.08. The molecular weight excluding hydrogens is 541 g/mol. The van der Waals surface area contributed by atoms with E-state index in [0.29, 0.717) is 27.8 Å². The molecule has 0 radical (unpaired) electrons. The maximum absolute atomic E-state index is 13.8. The highest BCUT2D eigenvalue weighted by Gasteiger charge is 2.33. The van der Waals surface area contributed by atoms with Crippen LogP contribution in [0.5, 0.6) is 11.5 Å². The number of carbonyl (C=O) groups is 2. The maximum Gasteiger partial charge on any atom is 0.244 e. The standard InChI is InChI=1S/C25H33Cl2N3O6S/c1-7-21(25(32)28-16(2)3)29(14-17-8-9-18(26)12-20(17)27)24(31)15-30(37(6,33)34)22-11-10-19(35-4)13-23(22)36-5/h8-13,16,21H,7,14-15H2,1-6H3,(H,28,32)/t21-/m1/s1. The Kier molecular flexibility index (Phi) is 10.9. The minimum Gasteiger partial charge on any atom is -0.497 e. The summed E-state index contributed by atoms with van der Waals surface area (Å²) in [5.74, 6) is -0.297. The molecule has 0 aromatic heterocycles. The van der Waals surface area contributed by atoms with E-state index in [1.807, 2.05) is 13.8 Å². The number of nitrogens with one attached hydrogen (secondary N) is 1. The molecule has 0 saturated heterocycles. The third-order valence-corrected chi connectivity index (χ3v) is 7.22. The molecule has 37 heavy (non-hydrogen) atoms. The number of rotatable bonds is 12. The van der Waals surface area contributed by atoms with Crippen LogP contribution in [-0.2, 0) is 26.2 Å². The van der Waals surface area contributed by atoms with Gasteiger partial charge in [-0.2, -0.15) is 0 Å². The first kappa shape index (κ1) is 30.5. The molecule has 0 unspecified atom stereocenters. The molecule has 2 aromatic rings. The van der Waals surface area contributed by atoms with Gasteiger partial charge in [0.05, 0.1) is 26.2 Å². The quantitative estimate of drug-likeness (QED) is 0.409. The van der Waals surface area contributed by atoms with Crippen molar-refractivity contribution in [3.63, 3.8) is 0 Å². The number of amides is 2. The van der Waals surface area contributed by atoms with E-state index in [4.69, 9.17) is 32.7 Å². The molecule has 2 aromatic carbocycles. The Balaban J connectivity index is 2.54. The number of hydrogen-bond acceptors (Lipinski definition) is 6. The van der Waals surface area contributed by atoms with Crippen LogP contribution in [0.4, 0.5) is 5.69 Å². The summed E-state index contributed by atoms with van der Waals surface area (Å²) in [6.45, 7) is 4.80. The van der Waals surface area contributed by atoms with Crippen molar-refractivity contribution in [2.75, 3.05) is 31.3 Å². The number of anilines is 1. The van der Waals surface area contributed by atoms with Gasteiger partial charge in [0, 0.05) is 28.7 Å². The number of benzene rings is 2. The molecular formula is C25H33Cl2N3O6S. The zero-order valence-electron chi connectivity index (χ0n) is 21.7. The number of halogens is 2. The van der Waals surface area contributed by atoms with Crippen molar-refractivity contribution >= 4 is 50.7 Å². The first-order valence-electron chi connectivity index (χ1n) is 11.6. The van der Waals surface area contributed by atoms with Crippen molar-refractivity contribution in [1.29, 1.82) is 0 Å². The van der Waals surface area contributed by atoms with Crippen LogP contribution >= 0.6 is 23.2 Å². The average molecular weight is 575 g/mol. The summed E-state index contributed by atoms with van der Waals surface area (Å²) in [5, 5.41) is 3.57. The van der Waals surface area contributed by atoms with Gasteiger partial charge in [-0.15, -0.1) is 0 Å². The first-order chi connectivity index (χ1) is 17.3. The highest BCUT2D eigenvalue weighted by Crippen LogP contribution is 2.34. The van der Waals surface area contributed by atoms with E-state index in [0.717, 1.165) is 10.6 Å². The highest BCUT2D eigenvalue weighted by molar-refractivity contribution is 7.92. The van der Waals surface area contributed by atoms with Gasteiger partial charge in [-0.25, -0.2) is 8.42 Å². The second-order valence-corrected chi connectivity index (χ2v) is 11.4. The van der Waals surface area contributed by atoms with Gasteiger partial charge < -0.3 is 19.7 Å². The van der Waals surface area contributed by atoms with E-state index in [-0.39, 0.29) is 29.9 Å². The molecule has 0 bridgehead atoms. The summed E-state index contributed by atoms with van der Waals surface area (Å²) in [4.78, 5) is 28.2. The average Bonchev–Trinajstić information content (AvgIpc) is 2.82. The summed E-state index contributed by atoms with van der Waals surface area (Å²) < 4.78 is 37.2. The van der Waals surface area contributed by atoms with E-state index in [2.05, 4.69) is 5.32 Å². The van der Waals surface area contributed by atoms with Gasteiger partial charge in [-0.05, 0) is 50.1 Å². The lowest BCUT2D eigenvalue weighted by Crippen LogP contribution is -2.53. The second kappa shape index (κ2) is 13.2. The van der Waals surface area contributed by atoms with Crippen LogP contribution in [0, 0.1) is 0 Å². The van der Waals surface area contributed by atoms with E-state index >= 15 is 0 Å². The van der Waals surface area contributed by atoms with Crippen molar-refractivity contribution in [3.8, 4) is 11.5 Å². The monoisotopic (exact) mass is 573 g/mol. The SMILES string of the molecule is CC[C@H](C(=O)NC(C)C)N(Cc1ccc(Cl)cc1Cl)C(=O)CN(c1ccc(OC)cc1OC)S(C)(=O)=O. The van der Waals surface area contributed by atoms with Gasteiger partial charge >= 0.3 is 0 Å². The summed E-state index contributed by atoms with van der Waals surface area (Å²) >= 11 is 12.4. The molecule has 204 valence electrons. The fourth-order valence-corrected chi connectivity index (χ4v) is 5.04. The summed E-state index contributed by atoms with van der Waals surface area (Å²) in [6, 6.07) is 8.39. The van der Waals surface area contributed by atoms with Crippen LogP contribution in [0.25, 0.3) is 0 Å². The summed E-state index contributed by atoms with van der Waals surface area (Å²) in [6.07, 6.45) is 1.29. The van der Waals surface area contributed by atoms with Crippen LogP contribution in [0.3, 0.4) is 0 Å². The van der Waals surface area contributed by atoms with Crippen LogP contribution < -0.4 is 19.1 Å². The Bertz CT molecular complexity index is 1220. The molecule has 2 amide bonds. The Morgan fingerprint density at radius 3 is 2.24 bits per heavy atom. The fourth-order valence-electron chi connectivity index (χ4n) is 3.72. The van der Waals surface area contributed by atoms with E-state index in [1.165, 1.54) is 31.3 Å². The van der Waals surface area contributed by atoms with Crippen molar-refractivity contribution < 1.29 is 27.5 Å². The minimum absolute atomic E-state index is 0.0315. The van der Waals surface area contributed by atoms with E-state index < -0.39 is 28.5 Å².